The summed E-state index contributed by atoms with van der Waals surface area (Å²) in [6.45, 7) is 8.27. The number of amides is 2. The van der Waals surface area contributed by atoms with Gasteiger partial charge in [0, 0.05) is 7.05 Å². The fourth-order valence-electron chi connectivity index (χ4n) is 4.40. The first kappa shape index (κ1) is 24.7. The summed E-state index contributed by atoms with van der Waals surface area (Å²) in [7, 11) is -2.45. The molecular weight excluding hydrogens is 470 g/mol. The molecule has 186 valence electrons. The molecule has 0 unspecified atom stereocenters. The molecule has 2 amide bonds. The van der Waals surface area contributed by atoms with Crippen LogP contribution < -0.4 is 10.2 Å². The highest BCUT2D eigenvalue weighted by Crippen LogP contribution is 2.38. The van der Waals surface area contributed by atoms with Gasteiger partial charge in [0.2, 0.25) is 15.9 Å². The van der Waals surface area contributed by atoms with E-state index in [4.69, 9.17) is 4.42 Å². The highest BCUT2D eigenvalue weighted by atomic mass is 32.2. The zero-order valence-electron chi connectivity index (χ0n) is 20.6. The van der Waals surface area contributed by atoms with E-state index in [0.29, 0.717) is 22.8 Å². The highest BCUT2D eigenvalue weighted by Gasteiger charge is 2.45. The van der Waals surface area contributed by atoms with Crippen LogP contribution in [0.15, 0.2) is 52.0 Å². The Morgan fingerprint density at radius 1 is 1.20 bits per heavy atom. The van der Waals surface area contributed by atoms with Crippen LogP contribution in [0.1, 0.15) is 44.0 Å². The third kappa shape index (κ3) is 4.04. The summed E-state index contributed by atoms with van der Waals surface area (Å²) in [5.41, 5.74) is 0.565. The second-order valence-electron chi connectivity index (χ2n) is 9.16. The normalized spacial score (nSPS) is 16.2. The molecule has 0 radical (unpaired) electrons. The molecule has 10 nitrogen and oxygen atoms in total. The molecule has 3 aromatic rings. The summed E-state index contributed by atoms with van der Waals surface area (Å²) in [5.74, 6) is -0.185. The van der Waals surface area contributed by atoms with Gasteiger partial charge in [-0.15, -0.1) is 0 Å². The molecule has 1 aliphatic rings. The van der Waals surface area contributed by atoms with E-state index < -0.39 is 21.6 Å². The molecule has 0 bridgehead atoms. The predicted octanol–water partition coefficient (Wildman–Crippen LogP) is 3.24. The molecular formula is C24H29N5O5S. The van der Waals surface area contributed by atoms with Gasteiger partial charge in [0.25, 0.3) is 5.91 Å². The number of hydrogen-bond acceptors (Lipinski definition) is 6. The number of sulfonamides is 1. The minimum absolute atomic E-state index is 0.0438. The van der Waals surface area contributed by atoms with Gasteiger partial charge in [0.1, 0.15) is 22.2 Å². The molecule has 0 saturated heterocycles. The second-order valence-corrected chi connectivity index (χ2v) is 11.1. The van der Waals surface area contributed by atoms with Crippen molar-refractivity contribution in [1.82, 2.24) is 14.1 Å². The number of nitrogens with zero attached hydrogens (tertiary/aromatic N) is 4. The van der Waals surface area contributed by atoms with Crippen LogP contribution in [-0.2, 0) is 26.2 Å². The molecule has 1 N–H and O–H groups in total. The third-order valence-electron chi connectivity index (χ3n) is 6.34. The lowest BCUT2D eigenvalue weighted by atomic mass is 9.95. The van der Waals surface area contributed by atoms with Gasteiger partial charge in [0.15, 0.2) is 0 Å². The fraction of sp³-hybridized carbons (Fsp3) is 0.375. The molecule has 0 aliphatic carbocycles. The van der Waals surface area contributed by atoms with E-state index in [9.17, 15) is 18.0 Å². The zero-order valence-corrected chi connectivity index (χ0v) is 21.4. The average molecular weight is 500 g/mol. The lowest BCUT2D eigenvalue weighted by Gasteiger charge is -2.43. The van der Waals surface area contributed by atoms with Gasteiger partial charge < -0.3 is 9.73 Å². The SMILES string of the molecule is Cc1nn([C@@H](C)C(=O)N2c3ccccc3NC(=O)C2(C)C)c(C)c1S(=O)(=O)N(C)Cc1ccco1. The van der Waals surface area contributed by atoms with Gasteiger partial charge >= 0.3 is 0 Å². The largest absolute Gasteiger partial charge is 0.468 e. The Morgan fingerprint density at radius 3 is 2.54 bits per heavy atom. The molecule has 0 saturated carbocycles. The van der Waals surface area contributed by atoms with Crippen molar-refractivity contribution in [2.24, 2.45) is 0 Å². The van der Waals surface area contributed by atoms with Crippen LogP contribution in [0.5, 0.6) is 0 Å². The van der Waals surface area contributed by atoms with E-state index >= 15 is 0 Å². The maximum absolute atomic E-state index is 13.8. The van der Waals surface area contributed by atoms with E-state index in [1.165, 1.54) is 27.2 Å². The van der Waals surface area contributed by atoms with Gasteiger partial charge in [-0.1, -0.05) is 12.1 Å². The first-order valence-electron chi connectivity index (χ1n) is 11.2. The summed E-state index contributed by atoms with van der Waals surface area (Å²) in [4.78, 5) is 28.1. The van der Waals surface area contributed by atoms with Crippen molar-refractivity contribution in [3.8, 4) is 0 Å². The van der Waals surface area contributed by atoms with E-state index in [-0.39, 0.29) is 28.9 Å². The topological polar surface area (TPSA) is 118 Å². The van der Waals surface area contributed by atoms with Crippen molar-refractivity contribution in [3.05, 3.63) is 59.8 Å². The number of anilines is 2. The predicted molar refractivity (Wildman–Crippen MR) is 130 cm³/mol. The second kappa shape index (κ2) is 8.65. The smallest absolute Gasteiger partial charge is 0.252 e. The lowest BCUT2D eigenvalue weighted by molar-refractivity contribution is -0.128. The van der Waals surface area contributed by atoms with Gasteiger partial charge in [-0.25, -0.2) is 8.42 Å². The number of para-hydroxylation sites is 2. The Bertz CT molecular complexity index is 1390. The molecule has 3 heterocycles. The van der Waals surface area contributed by atoms with Crippen LogP contribution in [0.4, 0.5) is 11.4 Å². The number of aromatic nitrogens is 2. The van der Waals surface area contributed by atoms with Crippen LogP contribution >= 0.6 is 0 Å². The minimum atomic E-state index is -3.92. The van der Waals surface area contributed by atoms with Crippen LogP contribution in [0, 0.1) is 13.8 Å². The number of carbonyl (C=O) groups excluding carboxylic acids is 2. The number of aryl methyl sites for hydroxylation is 1. The van der Waals surface area contributed by atoms with Gasteiger partial charge in [-0.05, 0) is 58.9 Å². The number of fused-ring (bicyclic) bond motifs is 1. The maximum atomic E-state index is 13.8. The third-order valence-corrected chi connectivity index (χ3v) is 8.39. The number of rotatable bonds is 6. The Labute approximate surface area is 204 Å². The van der Waals surface area contributed by atoms with Crippen LogP contribution in [-0.4, -0.2) is 46.9 Å². The molecule has 35 heavy (non-hydrogen) atoms. The number of carbonyl (C=O) groups is 2. The summed E-state index contributed by atoms with van der Waals surface area (Å²) in [6.07, 6.45) is 1.48. The molecule has 0 fully saturated rings. The number of benzene rings is 1. The molecule has 4 rings (SSSR count). The Morgan fingerprint density at radius 2 is 1.89 bits per heavy atom. The summed E-state index contributed by atoms with van der Waals surface area (Å²) >= 11 is 0. The summed E-state index contributed by atoms with van der Waals surface area (Å²) < 4.78 is 34.7. The number of nitrogens with one attached hydrogen (secondary N) is 1. The molecule has 0 spiro atoms. The summed E-state index contributed by atoms with van der Waals surface area (Å²) in [5, 5.41) is 7.27. The van der Waals surface area contributed by atoms with Crippen LogP contribution in [0.2, 0.25) is 0 Å². The minimum Gasteiger partial charge on any atom is -0.468 e. The average Bonchev–Trinajstić information content (AvgIpc) is 3.40. The monoisotopic (exact) mass is 499 g/mol. The van der Waals surface area contributed by atoms with Crippen molar-refractivity contribution in [2.45, 2.75) is 57.6 Å². The Balaban J connectivity index is 1.71. The van der Waals surface area contributed by atoms with Crippen molar-refractivity contribution in [3.63, 3.8) is 0 Å². The zero-order chi connectivity index (χ0) is 25.7. The van der Waals surface area contributed by atoms with Crippen molar-refractivity contribution < 1.29 is 22.4 Å². The Hall–Kier alpha value is -3.44. The van der Waals surface area contributed by atoms with Crippen molar-refractivity contribution in [2.75, 3.05) is 17.3 Å². The molecule has 1 aliphatic heterocycles. The van der Waals surface area contributed by atoms with E-state index in [0.717, 1.165) is 0 Å². The maximum Gasteiger partial charge on any atom is 0.252 e. The van der Waals surface area contributed by atoms with E-state index in [2.05, 4.69) is 10.4 Å². The summed E-state index contributed by atoms with van der Waals surface area (Å²) in [6, 6.07) is 9.59. The highest BCUT2D eigenvalue weighted by molar-refractivity contribution is 7.89. The first-order chi connectivity index (χ1) is 16.4. The fourth-order valence-corrected chi connectivity index (χ4v) is 5.89. The molecule has 1 atom stereocenters. The van der Waals surface area contributed by atoms with E-state index in [1.807, 2.05) is 0 Å². The van der Waals surface area contributed by atoms with Crippen molar-refractivity contribution in [1.29, 1.82) is 0 Å². The number of furan rings is 1. The van der Waals surface area contributed by atoms with Gasteiger partial charge in [0.05, 0.1) is 35.6 Å². The first-order valence-corrected chi connectivity index (χ1v) is 12.6. The molecule has 11 heteroatoms. The number of hydrogen-bond donors (Lipinski definition) is 1. The molecule has 2 aromatic heterocycles. The van der Waals surface area contributed by atoms with Crippen LogP contribution in [0.25, 0.3) is 0 Å². The van der Waals surface area contributed by atoms with Crippen molar-refractivity contribution >= 4 is 33.2 Å². The lowest BCUT2D eigenvalue weighted by Crippen LogP contribution is -2.59. The van der Waals surface area contributed by atoms with Crippen LogP contribution in [0.3, 0.4) is 0 Å². The molecule has 1 aromatic carbocycles. The standard InChI is InChI=1S/C24H29N5O5S/c1-15-21(35(32,33)27(6)14-18-10-9-13-34-18)16(2)29(26-15)17(3)22(30)28-20-12-8-7-11-19(20)25-23(31)24(28,4)5/h7-13,17H,14H2,1-6H3,(H,25,31)/t17-/m0/s1. The van der Waals surface area contributed by atoms with Gasteiger partial charge in [-0.3, -0.25) is 19.2 Å². The van der Waals surface area contributed by atoms with E-state index in [1.54, 1.807) is 71.0 Å². The van der Waals surface area contributed by atoms with Gasteiger partial charge in [-0.2, -0.15) is 9.40 Å². The quantitative estimate of drug-likeness (QED) is 0.556. The Kier molecular flexibility index (Phi) is 6.10.